The first-order chi connectivity index (χ1) is 12.0. The highest BCUT2D eigenvalue weighted by Crippen LogP contribution is 2.48. The van der Waals surface area contributed by atoms with Crippen LogP contribution < -0.4 is 5.32 Å². The molecular formula is C21H25ClFNO. The first-order valence-corrected chi connectivity index (χ1v) is 9.31. The molecule has 25 heavy (non-hydrogen) atoms. The van der Waals surface area contributed by atoms with E-state index in [2.05, 4.69) is 24.4 Å². The van der Waals surface area contributed by atoms with E-state index < -0.39 is 0 Å². The van der Waals surface area contributed by atoms with Crippen molar-refractivity contribution in [1.82, 2.24) is 0 Å². The molecule has 2 aromatic carbocycles. The minimum Gasteiger partial charge on any atom is -0.396 e. The molecular weight excluding hydrogens is 337 g/mol. The second-order valence-electron chi connectivity index (χ2n) is 7.17. The summed E-state index contributed by atoms with van der Waals surface area (Å²) in [6, 6.07) is 13.9. The van der Waals surface area contributed by atoms with Crippen molar-refractivity contribution in [2.75, 3.05) is 11.9 Å². The average molecular weight is 362 g/mol. The summed E-state index contributed by atoms with van der Waals surface area (Å²) in [7, 11) is 0. The lowest BCUT2D eigenvalue weighted by Gasteiger charge is -2.40. The molecule has 0 bridgehead atoms. The Morgan fingerprint density at radius 3 is 2.60 bits per heavy atom. The Labute approximate surface area is 154 Å². The first-order valence-electron chi connectivity index (χ1n) is 8.93. The van der Waals surface area contributed by atoms with Crippen molar-refractivity contribution in [3.05, 3.63) is 64.4 Å². The maximum atomic E-state index is 14.7. The molecule has 1 aliphatic heterocycles. The zero-order valence-corrected chi connectivity index (χ0v) is 15.4. The largest absolute Gasteiger partial charge is 0.396 e. The van der Waals surface area contributed by atoms with Gasteiger partial charge in [0.15, 0.2) is 0 Å². The van der Waals surface area contributed by atoms with Crippen LogP contribution in [0.25, 0.3) is 0 Å². The lowest BCUT2D eigenvalue weighted by Crippen LogP contribution is -2.32. The van der Waals surface area contributed by atoms with E-state index in [1.165, 1.54) is 5.56 Å². The highest BCUT2D eigenvalue weighted by atomic mass is 35.5. The van der Waals surface area contributed by atoms with E-state index in [0.717, 1.165) is 18.5 Å². The van der Waals surface area contributed by atoms with Gasteiger partial charge in [0.1, 0.15) is 5.82 Å². The smallest absolute Gasteiger partial charge is 0.147 e. The minimum atomic E-state index is -0.314. The van der Waals surface area contributed by atoms with Crippen molar-refractivity contribution in [1.29, 1.82) is 0 Å². The van der Waals surface area contributed by atoms with Crippen LogP contribution in [0, 0.1) is 17.7 Å². The minimum absolute atomic E-state index is 0.0473. The summed E-state index contributed by atoms with van der Waals surface area (Å²) >= 11 is 6.03. The molecule has 0 radical (unpaired) electrons. The van der Waals surface area contributed by atoms with Crippen LogP contribution in [0.4, 0.5) is 10.1 Å². The second-order valence-corrected chi connectivity index (χ2v) is 7.58. The van der Waals surface area contributed by atoms with Crippen molar-refractivity contribution in [3.8, 4) is 0 Å². The van der Waals surface area contributed by atoms with Crippen molar-refractivity contribution in [3.63, 3.8) is 0 Å². The van der Waals surface area contributed by atoms with E-state index in [1.807, 2.05) is 31.2 Å². The molecule has 4 atom stereocenters. The van der Waals surface area contributed by atoms with Crippen molar-refractivity contribution in [2.45, 2.75) is 38.6 Å². The molecule has 0 spiro atoms. The topological polar surface area (TPSA) is 32.3 Å². The third-order valence-electron chi connectivity index (χ3n) is 5.43. The average Bonchev–Trinajstić information content (AvgIpc) is 2.64. The monoisotopic (exact) mass is 361 g/mol. The number of halogens is 2. The van der Waals surface area contributed by atoms with E-state index >= 15 is 0 Å². The van der Waals surface area contributed by atoms with Crippen LogP contribution >= 0.6 is 11.6 Å². The second kappa shape index (κ2) is 7.76. The number of aliphatic hydroxyl groups excluding tert-OH is 1. The molecule has 0 saturated carbocycles. The summed E-state index contributed by atoms with van der Waals surface area (Å²) in [6.07, 6.45) is 1.83. The van der Waals surface area contributed by atoms with E-state index in [1.54, 1.807) is 6.07 Å². The summed E-state index contributed by atoms with van der Waals surface area (Å²) in [6.45, 7) is 4.31. The van der Waals surface area contributed by atoms with Gasteiger partial charge in [-0.25, -0.2) is 4.39 Å². The highest BCUT2D eigenvalue weighted by Gasteiger charge is 2.36. The van der Waals surface area contributed by atoms with E-state index in [0.29, 0.717) is 5.56 Å². The zero-order valence-electron chi connectivity index (χ0n) is 14.7. The molecule has 3 rings (SSSR count). The van der Waals surface area contributed by atoms with Gasteiger partial charge in [-0.15, -0.1) is 0 Å². The van der Waals surface area contributed by atoms with Crippen LogP contribution in [0.3, 0.4) is 0 Å². The van der Waals surface area contributed by atoms with Crippen molar-refractivity contribution in [2.24, 2.45) is 11.8 Å². The van der Waals surface area contributed by atoms with E-state index in [-0.39, 0.29) is 41.2 Å². The molecule has 2 N–H and O–H groups in total. The van der Waals surface area contributed by atoms with Gasteiger partial charge in [-0.05, 0) is 48.3 Å². The lowest BCUT2D eigenvalue weighted by molar-refractivity contribution is 0.213. The normalized spacial score (nSPS) is 23.6. The number of anilines is 1. The Kier molecular flexibility index (Phi) is 5.65. The molecule has 2 aromatic rings. The third-order valence-corrected chi connectivity index (χ3v) is 5.72. The summed E-state index contributed by atoms with van der Waals surface area (Å²) in [4.78, 5) is 0. The number of fused-ring (bicyclic) bond motifs is 1. The van der Waals surface area contributed by atoms with Crippen LogP contribution in [0.2, 0.25) is 5.02 Å². The molecule has 2 nitrogen and oxygen atoms in total. The molecule has 4 unspecified atom stereocenters. The van der Waals surface area contributed by atoms with Crippen molar-refractivity contribution < 1.29 is 9.50 Å². The summed E-state index contributed by atoms with van der Waals surface area (Å²) in [5, 5.41) is 13.1. The number of aliphatic hydroxyl groups is 1. The maximum Gasteiger partial charge on any atom is 0.147 e. The summed E-state index contributed by atoms with van der Waals surface area (Å²) in [5.41, 5.74) is 2.72. The molecule has 4 heteroatoms. The fraction of sp³-hybridized carbons (Fsp3) is 0.429. The summed E-state index contributed by atoms with van der Waals surface area (Å²) < 4.78 is 14.7. The van der Waals surface area contributed by atoms with Gasteiger partial charge < -0.3 is 10.4 Å². The quantitative estimate of drug-likeness (QED) is 0.708. The molecule has 134 valence electrons. The van der Waals surface area contributed by atoms with Gasteiger partial charge in [-0.1, -0.05) is 55.8 Å². The van der Waals surface area contributed by atoms with Crippen LogP contribution in [0.15, 0.2) is 42.5 Å². The van der Waals surface area contributed by atoms with E-state index in [4.69, 9.17) is 11.6 Å². The fourth-order valence-corrected chi connectivity index (χ4v) is 4.06. The number of rotatable bonds is 5. The molecule has 0 aromatic heterocycles. The molecule has 0 fully saturated rings. The number of hydrogen-bond donors (Lipinski definition) is 2. The number of hydrogen-bond acceptors (Lipinski definition) is 2. The molecule has 0 amide bonds. The Balaban J connectivity index is 1.99. The number of nitrogens with one attached hydrogen (secondary N) is 1. The lowest BCUT2D eigenvalue weighted by atomic mass is 9.73. The van der Waals surface area contributed by atoms with Crippen LogP contribution in [-0.4, -0.2) is 11.7 Å². The highest BCUT2D eigenvalue weighted by molar-refractivity contribution is 6.30. The van der Waals surface area contributed by atoms with Gasteiger partial charge in [0.2, 0.25) is 0 Å². The zero-order chi connectivity index (χ0) is 18.0. The molecule has 0 saturated heterocycles. The molecule has 0 aliphatic carbocycles. The van der Waals surface area contributed by atoms with Gasteiger partial charge in [-0.2, -0.15) is 0 Å². The Bertz CT molecular complexity index is 721. The van der Waals surface area contributed by atoms with Gasteiger partial charge in [0.05, 0.1) is 11.1 Å². The van der Waals surface area contributed by atoms with Gasteiger partial charge in [-0.3, -0.25) is 0 Å². The Morgan fingerprint density at radius 1 is 1.20 bits per heavy atom. The Hall–Kier alpha value is -1.58. The van der Waals surface area contributed by atoms with Crippen LogP contribution in [0.1, 0.15) is 49.8 Å². The number of benzene rings is 2. The van der Waals surface area contributed by atoms with Crippen LogP contribution in [0.5, 0.6) is 0 Å². The predicted octanol–water partition coefficient (Wildman–Crippen LogP) is 5.77. The maximum absolute atomic E-state index is 14.7. The van der Waals surface area contributed by atoms with E-state index in [9.17, 15) is 9.50 Å². The standard InChI is InChI=1S/C21H25ClFNO/c1-13(12-25)8-9-16-14(2)19-18(11-10-17(22)20(19)23)24-21(16)15-6-4-3-5-7-15/h3-7,10-11,13-14,16,21,24-25H,8-9,12H2,1-2H3. The van der Waals surface area contributed by atoms with Crippen LogP contribution in [-0.2, 0) is 0 Å². The Morgan fingerprint density at radius 2 is 1.92 bits per heavy atom. The van der Waals surface area contributed by atoms with Crippen molar-refractivity contribution >= 4 is 17.3 Å². The molecule has 1 aliphatic rings. The summed E-state index contributed by atoms with van der Waals surface area (Å²) in [5.74, 6) is 0.211. The SMILES string of the molecule is CC(CO)CCC1C(C)c2c(ccc(Cl)c2F)NC1c1ccccc1. The first kappa shape index (κ1) is 18.2. The van der Waals surface area contributed by atoms with Gasteiger partial charge in [0, 0.05) is 17.9 Å². The molecule has 1 heterocycles. The predicted molar refractivity (Wildman–Crippen MR) is 102 cm³/mol. The third kappa shape index (κ3) is 3.68. The van der Waals surface area contributed by atoms with Gasteiger partial charge in [0.25, 0.3) is 0 Å². The van der Waals surface area contributed by atoms with Gasteiger partial charge >= 0.3 is 0 Å². The fourth-order valence-electron chi connectivity index (χ4n) is 3.89.